The summed E-state index contributed by atoms with van der Waals surface area (Å²) in [6.45, 7) is 3.97. The Hall–Kier alpha value is -1.85. The summed E-state index contributed by atoms with van der Waals surface area (Å²) in [7, 11) is 1.66. The van der Waals surface area contributed by atoms with E-state index in [4.69, 9.17) is 4.74 Å². The van der Waals surface area contributed by atoms with Crippen LogP contribution < -0.4 is 15.4 Å². The zero-order valence-corrected chi connectivity index (χ0v) is 14.3. The van der Waals surface area contributed by atoms with Crippen molar-refractivity contribution in [2.24, 2.45) is 0 Å². The molecule has 1 aromatic carbocycles. The van der Waals surface area contributed by atoms with Crippen LogP contribution in [-0.2, 0) is 0 Å². The molecule has 0 saturated carbocycles. The second-order valence-electron chi connectivity index (χ2n) is 5.83. The van der Waals surface area contributed by atoms with E-state index in [0.29, 0.717) is 0 Å². The van der Waals surface area contributed by atoms with Crippen molar-refractivity contribution in [3.8, 4) is 16.9 Å². The predicted octanol–water partition coefficient (Wildman–Crippen LogP) is 3.21. The van der Waals surface area contributed by atoms with Crippen molar-refractivity contribution in [1.82, 2.24) is 10.6 Å². The summed E-state index contributed by atoms with van der Waals surface area (Å²) >= 11 is 1.55. The number of amides is 1. The molecule has 23 heavy (non-hydrogen) atoms. The number of hydrogen-bond acceptors (Lipinski definition) is 4. The van der Waals surface area contributed by atoms with Crippen molar-refractivity contribution in [1.29, 1.82) is 0 Å². The molecule has 1 aliphatic rings. The summed E-state index contributed by atoms with van der Waals surface area (Å²) < 4.78 is 5.20. The Morgan fingerprint density at radius 2 is 2.13 bits per heavy atom. The van der Waals surface area contributed by atoms with Crippen molar-refractivity contribution in [3.63, 3.8) is 0 Å². The molecule has 0 spiro atoms. The maximum Gasteiger partial charge on any atom is 0.261 e. The second kappa shape index (κ2) is 7.15. The fraction of sp³-hybridized carbons (Fsp3) is 0.389. The predicted molar refractivity (Wildman–Crippen MR) is 94.4 cm³/mol. The lowest BCUT2D eigenvalue weighted by molar-refractivity contribution is 0.0935. The van der Waals surface area contributed by atoms with Gasteiger partial charge in [0.25, 0.3) is 5.91 Å². The Bertz CT molecular complexity index is 673. The van der Waals surface area contributed by atoms with Gasteiger partial charge in [0, 0.05) is 17.5 Å². The summed E-state index contributed by atoms with van der Waals surface area (Å²) in [5, 5.41) is 6.46. The van der Waals surface area contributed by atoms with Crippen molar-refractivity contribution in [2.75, 3.05) is 20.2 Å². The van der Waals surface area contributed by atoms with Crippen LogP contribution in [0.15, 0.2) is 30.3 Å². The van der Waals surface area contributed by atoms with Crippen LogP contribution in [0.1, 0.15) is 27.4 Å². The Labute approximate surface area is 140 Å². The van der Waals surface area contributed by atoms with Crippen LogP contribution in [0.5, 0.6) is 5.75 Å². The number of rotatable bonds is 4. The van der Waals surface area contributed by atoms with Crippen LogP contribution in [0.3, 0.4) is 0 Å². The van der Waals surface area contributed by atoms with Gasteiger partial charge in [-0.25, -0.2) is 0 Å². The number of carbonyl (C=O) groups is 1. The van der Waals surface area contributed by atoms with Crippen LogP contribution >= 0.6 is 11.3 Å². The molecule has 0 aliphatic carbocycles. The minimum atomic E-state index is 0.0339. The number of aryl methyl sites for hydroxylation is 1. The van der Waals surface area contributed by atoms with Gasteiger partial charge in [-0.1, -0.05) is 12.1 Å². The lowest BCUT2D eigenvalue weighted by atomic mass is 10.1. The summed E-state index contributed by atoms with van der Waals surface area (Å²) in [5.74, 6) is 0.871. The summed E-state index contributed by atoms with van der Waals surface area (Å²) in [6, 6.07) is 10.2. The molecule has 5 heteroatoms. The first-order valence-corrected chi connectivity index (χ1v) is 8.75. The third-order valence-electron chi connectivity index (χ3n) is 4.17. The van der Waals surface area contributed by atoms with E-state index in [2.05, 4.69) is 17.6 Å². The molecule has 1 atom stereocenters. The van der Waals surface area contributed by atoms with Gasteiger partial charge in [0.15, 0.2) is 0 Å². The smallest absolute Gasteiger partial charge is 0.261 e. The molecule has 122 valence electrons. The van der Waals surface area contributed by atoms with Crippen molar-refractivity contribution < 1.29 is 9.53 Å². The topological polar surface area (TPSA) is 50.4 Å². The fourth-order valence-corrected chi connectivity index (χ4v) is 3.83. The highest BCUT2D eigenvalue weighted by molar-refractivity contribution is 7.14. The van der Waals surface area contributed by atoms with E-state index < -0.39 is 0 Å². The molecular formula is C18H22N2O2S. The highest BCUT2D eigenvalue weighted by Gasteiger charge is 2.19. The molecule has 1 aliphatic heterocycles. The normalized spacial score (nSPS) is 17.7. The minimum Gasteiger partial charge on any atom is -0.497 e. The number of hydrogen-bond donors (Lipinski definition) is 2. The van der Waals surface area contributed by atoms with E-state index in [0.717, 1.165) is 52.6 Å². The third kappa shape index (κ3) is 3.74. The van der Waals surface area contributed by atoms with Crippen molar-refractivity contribution in [3.05, 3.63) is 40.1 Å². The van der Waals surface area contributed by atoms with Crippen LogP contribution in [-0.4, -0.2) is 32.1 Å². The highest BCUT2D eigenvalue weighted by Crippen LogP contribution is 2.32. The maximum atomic E-state index is 12.5. The van der Waals surface area contributed by atoms with Crippen molar-refractivity contribution >= 4 is 17.2 Å². The molecule has 2 N–H and O–H groups in total. The monoisotopic (exact) mass is 330 g/mol. The average molecular weight is 330 g/mol. The Balaban J connectivity index is 1.75. The van der Waals surface area contributed by atoms with Crippen molar-refractivity contribution in [2.45, 2.75) is 25.8 Å². The number of methoxy groups -OCH3 is 1. The molecule has 3 rings (SSSR count). The standard InChI is InChI=1S/C18H22N2O2S/c1-12-16(13-5-7-15(22-2)8-6-13)10-17(23-12)18(21)20-14-4-3-9-19-11-14/h5-8,10,14,19H,3-4,9,11H2,1-2H3,(H,20,21)/t14-/m0/s1. The highest BCUT2D eigenvalue weighted by atomic mass is 32.1. The van der Waals surface area contributed by atoms with Crippen LogP contribution in [0.4, 0.5) is 0 Å². The van der Waals surface area contributed by atoms with Gasteiger partial charge in [-0.15, -0.1) is 11.3 Å². The molecular weight excluding hydrogens is 308 g/mol. The average Bonchev–Trinajstić information content (AvgIpc) is 2.98. The van der Waals surface area contributed by atoms with E-state index in [1.54, 1.807) is 18.4 Å². The zero-order valence-electron chi connectivity index (χ0n) is 13.5. The lowest BCUT2D eigenvalue weighted by Gasteiger charge is -2.23. The number of benzene rings is 1. The molecule has 0 radical (unpaired) electrons. The first-order valence-electron chi connectivity index (χ1n) is 7.94. The van der Waals surface area contributed by atoms with Gasteiger partial charge in [-0.05, 0) is 55.6 Å². The van der Waals surface area contributed by atoms with Crippen LogP contribution in [0, 0.1) is 6.92 Å². The van der Waals surface area contributed by atoms with Gasteiger partial charge in [-0.3, -0.25) is 4.79 Å². The zero-order chi connectivity index (χ0) is 16.2. The number of piperidine rings is 1. The van der Waals surface area contributed by atoms with E-state index in [-0.39, 0.29) is 11.9 Å². The fourth-order valence-electron chi connectivity index (χ4n) is 2.88. The summed E-state index contributed by atoms with van der Waals surface area (Å²) in [6.07, 6.45) is 2.17. The third-order valence-corrected chi connectivity index (χ3v) is 5.22. The molecule has 2 aromatic rings. The van der Waals surface area contributed by atoms with Gasteiger partial charge in [0.05, 0.1) is 12.0 Å². The van der Waals surface area contributed by atoms with Crippen LogP contribution in [0.2, 0.25) is 0 Å². The second-order valence-corrected chi connectivity index (χ2v) is 7.08. The van der Waals surface area contributed by atoms with Gasteiger partial charge in [-0.2, -0.15) is 0 Å². The molecule has 1 aromatic heterocycles. The number of carbonyl (C=O) groups excluding carboxylic acids is 1. The number of ether oxygens (including phenoxy) is 1. The number of thiophene rings is 1. The lowest BCUT2D eigenvalue weighted by Crippen LogP contribution is -2.45. The molecule has 2 heterocycles. The first kappa shape index (κ1) is 16.0. The molecule has 0 unspecified atom stereocenters. The van der Waals surface area contributed by atoms with Gasteiger partial charge >= 0.3 is 0 Å². The van der Waals surface area contributed by atoms with Crippen LogP contribution in [0.25, 0.3) is 11.1 Å². The number of nitrogens with one attached hydrogen (secondary N) is 2. The minimum absolute atomic E-state index is 0.0339. The first-order chi connectivity index (χ1) is 11.2. The van der Waals surface area contributed by atoms with Gasteiger partial charge < -0.3 is 15.4 Å². The SMILES string of the molecule is COc1ccc(-c2cc(C(=O)N[C@H]3CCCNC3)sc2C)cc1. The van der Waals surface area contributed by atoms with Gasteiger partial charge in [0.2, 0.25) is 0 Å². The largest absolute Gasteiger partial charge is 0.497 e. The Morgan fingerprint density at radius 1 is 1.35 bits per heavy atom. The summed E-state index contributed by atoms with van der Waals surface area (Å²) in [5.41, 5.74) is 2.22. The Kier molecular flexibility index (Phi) is 4.98. The molecule has 1 fully saturated rings. The van der Waals surface area contributed by atoms with E-state index in [1.807, 2.05) is 30.3 Å². The molecule has 1 amide bonds. The summed E-state index contributed by atoms with van der Waals surface area (Å²) in [4.78, 5) is 14.4. The maximum absolute atomic E-state index is 12.5. The Morgan fingerprint density at radius 3 is 2.78 bits per heavy atom. The van der Waals surface area contributed by atoms with E-state index >= 15 is 0 Å². The molecule has 1 saturated heterocycles. The van der Waals surface area contributed by atoms with Gasteiger partial charge in [0.1, 0.15) is 5.75 Å². The quantitative estimate of drug-likeness (QED) is 0.905. The molecule has 0 bridgehead atoms. The van der Waals surface area contributed by atoms with E-state index in [1.165, 1.54) is 0 Å². The van der Waals surface area contributed by atoms with E-state index in [9.17, 15) is 4.79 Å². The molecule has 4 nitrogen and oxygen atoms in total.